The average molecular weight is 326 g/mol. The first kappa shape index (κ1) is 16.9. The van der Waals surface area contributed by atoms with Crippen molar-refractivity contribution in [3.05, 3.63) is 24.2 Å². The van der Waals surface area contributed by atoms with Crippen LogP contribution in [0.15, 0.2) is 22.8 Å². The molecule has 22 heavy (non-hydrogen) atoms. The minimum Gasteiger partial charge on any atom is -0.459 e. The third-order valence-electron chi connectivity index (χ3n) is 3.35. The molecular formula is C15H22N2O4S. The SMILES string of the molecule is CCONC(=O)C1CSC(CC(C)C)N1C(=O)c1ccco1. The monoisotopic (exact) mass is 326 g/mol. The number of nitrogens with one attached hydrogen (secondary N) is 1. The number of thioether (sulfide) groups is 1. The molecule has 2 unspecified atom stereocenters. The second-order valence-corrected chi connectivity index (χ2v) is 6.73. The lowest BCUT2D eigenvalue weighted by molar-refractivity contribution is -0.137. The Bertz CT molecular complexity index is 504. The molecule has 2 rings (SSSR count). The van der Waals surface area contributed by atoms with E-state index in [1.807, 2.05) is 0 Å². The zero-order valence-electron chi connectivity index (χ0n) is 13.1. The van der Waals surface area contributed by atoms with E-state index >= 15 is 0 Å². The normalized spacial score (nSPS) is 21.4. The van der Waals surface area contributed by atoms with Crippen molar-refractivity contribution in [2.75, 3.05) is 12.4 Å². The topological polar surface area (TPSA) is 71.8 Å². The molecule has 7 heteroatoms. The smallest absolute Gasteiger partial charge is 0.291 e. The van der Waals surface area contributed by atoms with Gasteiger partial charge in [-0.15, -0.1) is 11.8 Å². The third kappa shape index (κ3) is 3.84. The first-order valence-electron chi connectivity index (χ1n) is 7.44. The van der Waals surface area contributed by atoms with E-state index in [1.165, 1.54) is 6.26 Å². The summed E-state index contributed by atoms with van der Waals surface area (Å²) < 4.78 is 5.21. The van der Waals surface area contributed by atoms with Crippen LogP contribution in [0.1, 0.15) is 37.7 Å². The van der Waals surface area contributed by atoms with Crippen molar-refractivity contribution < 1.29 is 18.8 Å². The van der Waals surface area contributed by atoms with Gasteiger partial charge in [0.2, 0.25) is 0 Å². The predicted octanol–water partition coefficient (Wildman–Crippen LogP) is 2.28. The fourth-order valence-electron chi connectivity index (χ4n) is 2.36. The van der Waals surface area contributed by atoms with Gasteiger partial charge in [0.05, 0.1) is 18.2 Å². The van der Waals surface area contributed by atoms with Gasteiger partial charge in [0.15, 0.2) is 5.76 Å². The highest BCUT2D eigenvalue weighted by Gasteiger charge is 2.42. The Kier molecular flexibility index (Phi) is 5.90. The summed E-state index contributed by atoms with van der Waals surface area (Å²) in [4.78, 5) is 31.5. The quantitative estimate of drug-likeness (QED) is 0.812. The van der Waals surface area contributed by atoms with E-state index in [-0.39, 0.29) is 22.9 Å². The lowest BCUT2D eigenvalue weighted by Gasteiger charge is -2.28. The Morgan fingerprint density at radius 1 is 1.55 bits per heavy atom. The fraction of sp³-hybridized carbons (Fsp3) is 0.600. The van der Waals surface area contributed by atoms with Gasteiger partial charge in [0, 0.05) is 5.75 Å². The van der Waals surface area contributed by atoms with Crippen LogP contribution in [-0.2, 0) is 9.63 Å². The van der Waals surface area contributed by atoms with E-state index in [0.717, 1.165) is 6.42 Å². The second kappa shape index (κ2) is 7.69. The summed E-state index contributed by atoms with van der Waals surface area (Å²) in [5, 5.41) is -0.0324. The molecule has 0 aliphatic carbocycles. The van der Waals surface area contributed by atoms with Gasteiger partial charge >= 0.3 is 0 Å². The first-order valence-corrected chi connectivity index (χ1v) is 8.48. The van der Waals surface area contributed by atoms with E-state index in [9.17, 15) is 9.59 Å². The van der Waals surface area contributed by atoms with Crippen LogP contribution in [0.2, 0.25) is 0 Å². The molecule has 2 amide bonds. The number of nitrogens with zero attached hydrogens (tertiary/aromatic N) is 1. The number of hydrogen-bond donors (Lipinski definition) is 1. The summed E-state index contributed by atoms with van der Waals surface area (Å²) in [6.45, 7) is 6.37. The molecule has 1 aliphatic heterocycles. The Morgan fingerprint density at radius 2 is 2.32 bits per heavy atom. The molecule has 0 bridgehead atoms. The van der Waals surface area contributed by atoms with E-state index in [1.54, 1.807) is 35.7 Å². The fourth-order valence-corrected chi connectivity index (χ4v) is 4.00. The van der Waals surface area contributed by atoms with Crippen molar-refractivity contribution in [2.45, 2.75) is 38.6 Å². The van der Waals surface area contributed by atoms with Gasteiger partial charge in [-0.05, 0) is 31.4 Å². The van der Waals surface area contributed by atoms with E-state index in [4.69, 9.17) is 9.25 Å². The molecule has 1 N–H and O–H groups in total. The molecular weight excluding hydrogens is 304 g/mol. The molecule has 6 nitrogen and oxygen atoms in total. The molecule has 1 fully saturated rings. The summed E-state index contributed by atoms with van der Waals surface area (Å²) in [5.74, 6) is 0.698. The first-order chi connectivity index (χ1) is 10.5. The van der Waals surface area contributed by atoms with Crippen molar-refractivity contribution in [2.24, 2.45) is 5.92 Å². The van der Waals surface area contributed by atoms with Crippen molar-refractivity contribution in [1.29, 1.82) is 0 Å². The molecule has 1 aliphatic rings. The Hall–Kier alpha value is -1.47. The summed E-state index contributed by atoms with van der Waals surface area (Å²) in [6.07, 6.45) is 2.29. The Labute approximate surface area is 134 Å². The zero-order valence-corrected chi connectivity index (χ0v) is 13.9. The zero-order chi connectivity index (χ0) is 16.1. The van der Waals surface area contributed by atoms with Crippen molar-refractivity contribution in [1.82, 2.24) is 10.4 Å². The number of furan rings is 1. The third-order valence-corrected chi connectivity index (χ3v) is 4.66. The maximum atomic E-state index is 12.7. The van der Waals surface area contributed by atoms with Gasteiger partial charge in [-0.25, -0.2) is 5.48 Å². The maximum absolute atomic E-state index is 12.7. The van der Waals surface area contributed by atoms with Crippen LogP contribution in [0.4, 0.5) is 0 Å². The minimum absolute atomic E-state index is 0.0324. The molecule has 0 saturated carbocycles. The number of carbonyl (C=O) groups is 2. The van der Waals surface area contributed by atoms with Crippen LogP contribution in [0, 0.1) is 5.92 Å². The van der Waals surface area contributed by atoms with Crippen molar-refractivity contribution in [3.8, 4) is 0 Å². The summed E-state index contributed by atoms with van der Waals surface area (Å²) in [5.41, 5.74) is 2.40. The van der Waals surface area contributed by atoms with E-state index in [2.05, 4.69) is 19.3 Å². The van der Waals surface area contributed by atoms with Crippen LogP contribution in [0.5, 0.6) is 0 Å². The van der Waals surface area contributed by atoms with Crippen LogP contribution < -0.4 is 5.48 Å². The summed E-state index contributed by atoms with van der Waals surface area (Å²) in [6, 6.07) is 2.75. The summed E-state index contributed by atoms with van der Waals surface area (Å²) in [7, 11) is 0. The summed E-state index contributed by atoms with van der Waals surface area (Å²) >= 11 is 1.62. The number of amides is 2. The standard InChI is InChI=1S/C15H22N2O4S/c1-4-21-16-14(18)11-9-22-13(8-10(2)3)17(11)15(19)12-6-5-7-20-12/h5-7,10-11,13H,4,8-9H2,1-3H3,(H,16,18). The van der Waals surface area contributed by atoms with Gasteiger partial charge in [-0.1, -0.05) is 13.8 Å². The highest BCUT2D eigenvalue weighted by atomic mass is 32.2. The maximum Gasteiger partial charge on any atom is 0.291 e. The second-order valence-electron chi connectivity index (χ2n) is 5.52. The van der Waals surface area contributed by atoms with Gasteiger partial charge in [0.1, 0.15) is 6.04 Å². The van der Waals surface area contributed by atoms with Gasteiger partial charge in [-0.2, -0.15) is 0 Å². The number of rotatable bonds is 6. The van der Waals surface area contributed by atoms with Crippen LogP contribution in [-0.4, -0.2) is 40.5 Å². The average Bonchev–Trinajstić information content (AvgIpc) is 3.12. The molecule has 1 aromatic heterocycles. The Balaban J connectivity index is 2.18. The number of carbonyl (C=O) groups excluding carboxylic acids is 2. The van der Waals surface area contributed by atoms with Crippen molar-refractivity contribution in [3.63, 3.8) is 0 Å². The molecule has 1 aromatic rings. The lowest BCUT2D eigenvalue weighted by atomic mass is 10.1. The number of hydroxylamine groups is 1. The molecule has 0 spiro atoms. The predicted molar refractivity (Wildman–Crippen MR) is 84.1 cm³/mol. The molecule has 2 heterocycles. The van der Waals surface area contributed by atoms with E-state index in [0.29, 0.717) is 18.3 Å². The largest absolute Gasteiger partial charge is 0.459 e. The molecule has 0 radical (unpaired) electrons. The Morgan fingerprint density at radius 3 is 2.91 bits per heavy atom. The van der Waals surface area contributed by atoms with Gasteiger partial charge in [0.25, 0.3) is 11.8 Å². The lowest BCUT2D eigenvalue weighted by Crippen LogP contribution is -2.50. The van der Waals surface area contributed by atoms with Gasteiger partial charge in [-0.3, -0.25) is 14.4 Å². The molecule has 122 valence electrons. The highest BCUT2D eigenvalue weighted by molar-refractivity contribution is 8.00. The van der Waals surface area contributed by atoms with Crippen LogP contribution in [0.3, 0.4) is 0 Å². The highest BCUT2D eigenvalue weighted by Crippen LogP contribution is 2.34. The van der Waals surface area contributed by atoms with Crippen molar-refractivity contribution >= 4 is 23.6 Å². The minimum atomic E-state index is -0.544. The number of hydrogen-bond acceptors (Lipinski definition) is 5. The van der Waals surface area contributed by atoms with Crippen LogP contribution in [0.25, 0.3) is 0 Å². The van der Waals surface area contributed by atoms with Crippen LogP contribution >= 0.6 is 11.8 Å². The molecule has 0 aromatic carbocycles. The van der Waals surface area contributed by atoms with Gasteiger partial charge < -0.3 is 9.32 Å². The van der Waals surface area contributed by atoms with E-state index < -0.39 is 6.04 Å². The molecule has 1 saturated heterocycles. The molecule has 2 atom stereocenters.